The van der Waals surface area contributed by atoms with E-state index in [2.05, 4.69) is 5.32 Å². The molecule has 0 aliphatic carbocycles. The molecule has 0 radical (unpaired) electrons. The SMILES string of the molecule is CC(C)CNC(=O)CN(C)c1ccc(N)cc1C(N)=O. The number of nitrogens with one attached hydrogen (secondary N) is 1. The van der Waals surface area contributed by atoms with Crippen LogP contribution < -0.4 is 21.7 Å². The maximum atomic E-state index is 11.8. The van der Waals surface area contributed by atoms with E-state index in [1.807, 2.05) is 13.8 Å². The van der Waals surface area contributed by atoms with Gasteiger partial charge >= 0.3 is 0 Å². The molecule has 0 aliphatic heterocycles. The molecule has 20 heavy (non-hydrogen) atoms. The van der Waals surface area contributed by atoms with Gasteiger partial charge in [0.15, 0.2) is 0 Å². The lowest BCUT2D eigenvalue weighted by molar-refractivity contribution is -0.119. The molecule has 1 aromatic carbocycles. The van der Waals surface area contributed by atoms with E-state index in [1.54, 1.807) is 24.1 Å². The van der Waals surface area contributed by atoms with E-state index >= 15 is 0 Å². The summed E-state index contributed by atoms with van der Waals surface area (Å²) in [6.07, 6.45) is 0. The lowest BCUT2D eigenvalue weighted by Gasteiger charge is -2.21. The van der Waals surface area contributed by atoms with Crippen molar-refractivity contribution in [3.05, 3.63) is 23.8 Å². The number of hydrogen-bond acceptors (Lipinski definition) is 4. The summed E-state index contributed by atoms with van der Waals surface area (Å²) in [6.45, 7) is 4.82. The molecular formula is C14H22N4O2. The van der Waals surface area contributed by atoms with Gasteiger partial charge in [-0.2, -0.15) is 0 Å². The van der Waals surface area contributed by atoms with E-state index in [-0.39, 0.29) is 12.5 Å². The Morgan fingerprint density at radius 1 is 1.35 bits per heavy atom. The first-order valence-corrected chi connectivity index (χ1v) is 6.48. The Bertz CT molecular complexity index is 500. The highest BCUT2D eigenvalue weighted by Gasteiger charge is 2.14. The molecule has 0 unspecified atom stereocenters. The largest absolute Gasteiger partial charge is 0.399 e. The van der Waals surface area contributed by atoms with Crippen LogP contribution in [0.25, 0.3) is 0 Å². The van der Waals surface area contributed by atoms with Crippen molar-refractivity contribution in [2.75, 3.05) is 30.8 Å². The van der Waals surface area contributed by atoms with E-state index in [9.17, 15) is 9.59 Å². The monoisotopic (exact) mass is 278 g/mol. The molecular weight excluding hydrogens is 256 g/mol. The van der Waals surface area contributed by atoms with Crippen LogP contribution in [-0.2, 0) is 4.79 Å². The van der Waals surface area contributed by atoms with Gasteiger partial charge in [0.25, 0.3) is 5.91 Å². The van der Waals surface area contributed by atoms with Crippen molar-refractivity contribution < 1.29 is 9.59 Å². The second kappa shape index (κ2) is 6.79. The zero-order valence-electron chi connectivity index (χ0n) is 12.1. The van der Waals surface area contributed by atoms with E-state index in [0.717, 1.165) is 0 Å². The van der Waals surface area contributed by atoms with Crippen LogP contribution >= 0.6 is 0 Å². The lowest BCUT2D eigenvalue weighted by atomic mass is 10.1. The Balaban J connectivity index is 2.79. The predicted molar refractivity (Wildman–Crippen MR) is 80.5 cm³/mol. The van der Waals surface area contributed by atoms with Crippen LogP contribution in [-0.4, -0.2) is 32.0 Å². The van der Waals surface area contributed by atoms with Crippen molar-refractivity contribution in [3.63, 3.8) is 0 Å². The van der Waals surface area contributed by atoms with Crippen molar-refractivity contribution >= 4 is 23.2 Å². The van der Waals surface area contributed by atoms with Crippen molar-refractivity contribution in [1.82, 2.24) is 5.32 Å². The highest BCUT2D eigenvalue weighted by molar-refractivity contribution is 6.00. The quantitative estimate of drug-likeness (QED) is 0.662. The first-order valence-electron chi connectivity index (χ1n) is 6.48. The molecule has 1 rings (SSSR count). The van der Waals surface area contributed by atoms with Gasteiger partial charge < -0.3 is 21.7 Å². The van der Waals surface area contributed by atoms with E-state index in [1.165, 1.54) is 6.07 Å². The minimum atomic E-state index is -0.568. The minimum Gasteiger partial charge on any atom is -0.399 e. The van der Waals surface area contributed by atoms with Gasteiger partial charge in [0.2, 0.25) is 5.91 Å². The molecule has 0 heterocycles. The summed E-state index contributed by atoms with van der Waals surface area (Å²) in [5.41, 5.74) is 12.3. The van der Waals surface area contributed by atoms with E-state index in [0.29, 0.717) is 29.4 Å². The van der Waals surface area contributed by atoms with E-state index in [4.69, 9.17) is 11.5 Å². The predicted octanol–water partition coefficient (Wildman–Crippen LogP) is 0.576. The number of benzene rings is 1. The number of amides is 2. The molecule has 0 aromatic heterocycles. The summed E-state index contributed by atoms with van der Waals surface area (Å²) in [5.74, 6) is -0.280. The number of carbonyl (C=O) groups is 2. The van der Waals surface area contributed by atoms with Crippen LogP contribution in [0.2, 0.25) is 0 Å². The topological polar surface area (TPSA) is 101 Å². The molecule has 1 aromatic rings. The molecule has 0 saturated heterocycles. The number of nitrogens with two attached hydrogens (primary N) is 2. The molecule has 0 atom stereocenters. The van der Waals surface area contributed by atoms with Crippen LogP contribution in [0.3, 0.4) is 0 Å². The van der Waals surface area contributed by atoms with Gasteiger partial charge in [0.05, 0.1) is 12.1 Å². The number of likely N-dealkylation sites (N-methyl/N-ethyl adjacent to an activating group) is 1. The fourth-order valence-corrected chi connectivity index (χ4v) is 1.76. The smallest absolute Gasteiger partial charge is 0.250 e. The normalized spacial score (nSPS) is 10.4. The number of hydrogen-bond donors (Lipinski definition) is 3. The highest BCUT2D eigenvalue weighted by atomic mass is 16.2. The molecule has 0 saturated carbocycles. The minimum absolute atomic E-state index is 0.103. The van der Waals surface area contributed by atoms with Crippen molar-refractivity contribution in [2.45, 2.75) is 13.8 Å². The summed E-state index contributed by atoms with van der Waals surface area (Å²) in [6, 6.07) is 4.87. The standard InChI is InChI=1S/C14H22N4O2/c1-9(2)7-17-13(19)8-18(3)12-5-4-10(15)6-11(12)14(16)20/h4-6,9H,7-8,15H2,1-3H3,(H2,16,20)(H,17,19). The third-order valence-electron chi connectivity index (χ3n) is 2.79. The number of nitrogen functional groups attached to an aromatic ring is 1. The van der Waals surface area contributed by atoms with Crippen molar-refractivity contribution in [3.8, 4) is 0 Å². The van der Waals surface area contributed by atoms with Crippen LogP contribution in [0.1, 0.15) is 24.2 Å². The van der Waals surface area contributed by atoms with Crippen LogP contribution in [0.4, 0.5) is 11.4 Å². The van der Waals surface area contributed by atoms with Crippen molar-refractivity contribution in [2.24, 2.45) is 11.7 Å². The second-order valence-corrected chi connectivity index (χ2v) is 5.19. The van der Waals surface area contributed by atoms with Crippen LogP contribution in [0.15, 0.2) is 18.2 Å². The number of carbonyl (C=O) groups excluding carboxylic acids is 2. The summed E-state index contributed by atoms with van der Waals surface area (Å²) in [7, 11) is 1.73. The Morgan fingerprint density at radius 3 is 2.55 bits per heavy atom. The van der Waals surface area contributed by atoms with Crippen LogP contribution in [0, 0.1) is 5.92 Å². The van der Waals surface area contributed by atoms with Gasteiger partial charge in [-0.25, -0.2) is 0 Å². The number of nitrogens with zero attached hydrogens (tertiary/aromatic N) is 1. The first-order chi connectivity index (χ1) is 9.31. The maximum Gasteiger partial charge on any atom is 0.250 e. The van der Waals surface area contributed by atoms with Crippen molar-refractivity contribution in [1.29, 1.82) is 0 Å². The zero-order chi connectivity index (χ0) is 15.3. The Labute approximate surface area is 119 Å². The zero-order valence-corrected chi connectivity index (χ0v) is 12.1. The third kappa shape index (κ3) is 4.46. The molecule has 0 aliphatic rings. The van der Waals surface area contributed by atoms with Gasteiger partial charge in [-0.15, -0.1) is 0 Å². The molecule has 0 fully saturated rings. The molecule has 6 heteroatoms. The number of anilines is 2. The van der Waals surface area contributed by atoms with Gasteiger partial charge in [0.1, 0.15) is 0 Å². The average molecular weight is 278 g/mol. The molecule has 110 valence electrons. The molecule has 6 nitrogen and oxygen atoms in total. The summed E-state index contributed by atoms with van der Waals surface area (Å²) >= 11 is 0. The molecule has 0 spiro atoms. The second-order valence-electron chi connectivity index (χ2n) is 5.19. The van der Waals surface area contributed by atoms with Gasteiger partial charge in [-0.3, -0.25) is 9.59 Å². The first kappa shape index (κ1) is 15.8. The molecule has 2 amide bonds. The Kier molecular flexibility index (Phi) is 5.37. The van der Waals surface area contributed by atoms with E-state index < -0.39 is 5.91 Å². The Morgan fingerprint density at radius 2 is 2.00 bits per heavy atom. The average Bonchev–Trinajstić information content (AvgIpc) is 2.35. The number of rotatable bonds is 6. The Hall–Kier alpha value is -2.24. The fourth-order valence-electron chi connectivity index (χ4n) is 1.76. The lowest BCUT2D eigenvalue weighted by Crippen LogP contribution is -2.37. The summed E-state index contributed by atoms with van der Waals surface area (Å²) < 4.78 is 0. The van der Waals surface area contributed by atoms with Crippen LogP contribution in [0.5, 0.6) is 0 Å². The molecule has 0 bridgehead atoms. The summed E-state index contributed by atoms with van der Waals surface area (Å²) in [4.78, 5) is 24.9. The number of primary amides is 1. The van der Waals surface area contributed by atoms with Gasteiger partial charge in [0, 0.05) is 25.0 Å². The fraction of sp³-hybridized carbons (Fsp3) is 0.429. The highest BCUT2D eigenvalue weighted by Crippen LogP contribution is 2.21. The van der Waals surface area contributed by atoms with Gasteiger partial charge in [-0.05, 0) is 24.1 Å². The molecule has 5 N–H and O–H groups in total. The van der Waals surface area contributed by atoms with Gasteiger partial charge in [-0.1, -0.05) is 13.8 Å². The maximum absolute atomic E-state index is 11.8. The summed E-state index contributed by atoms with van der Waals surface area (Å²) in [5, 5.41) is 2.82. The third-order valence-corrected chi connectivity index (χ3v) is 2.79.